The molecule has 5 nitrogen and oxygen atoms in total. The van der Waals surface area contributed by atoms with Crippen LogP contribution in [0.15, 0.2) is 48.7 Å². The summed E-state index contributed by atoms with van der Waals surface area (Å²) in [5.41, 5.74) is 6.73. The number of nitrogens with zero attached hydrogens (tertiary/aromatic N) is 2. The first kappa shape index (κ1) is 22.7. The van der Waals surface area contributed by atoms with Crippen LogP contribution in [-0.2, 0) is 6.54 Å². The van der Waals surface area contributed by atoms with Gasteiger partial charge in [-0.25, -0.2) is 4.79 Å². The number of benzene rings is 2. The highest BCUT2D eigenvalue weighted by Crippen LogP contribution is 2.52. The van der Waals surface area contributed by atoms with Gasteiger partial charge in [0.25, 0.3) is 0 Å². The minimum absolute atomic E-state index is 0.331. The van der Waals surface area contributed by atoms with Gasteiger partial charge in [0, 0.05) is 29.6 Å². The molecule has 6 rings (SSSR count). The van der Waals surface area contributed by atoms with E-state index >= 15 is 0 Å². The first-order valence-corrected chi connectivity index (χ1v) is 12.5. The Morgan fingerprint density at radius 2 is 1.88 bits per heavy atom. The number of piperidine rings is 1. The van der Waals surface area contributed by atoms with Crippen molar-refractivity contribution in [3.63, 3.8) is 0 Å². The Morgan fingerprint density at radius 3 is 2.47 bits per heavy atom. The maximum atomic E-state index is 10.2. The van der Waals surface area contributed by atoms with E-state index in [1.54, 1.807) is 41.5 Å². The zero-order valence-electron chi connectivity index (χ0n) is 19.9. The van der Waals surface area contributed by atoms with Gasteiger partial charge in [-0.3, -0.25) is 4.90 Å². The lowest BCUT2D eigenvalue weighted by Crippen LogP contribution is -2.46. The number of hydrogen-bond donors (Lipinski definition) is 2. The van der Waals surface area contributed by atoms with Crippen LogP contribution in [0.25, 0.3) is 10.9 Å². The number of rotatable bonds is 4. The highest BCUT2D eigenvalue weighted by atomic mass is 16.4. The summed E-state index contributed by atoms with van der Waals surface area (Å²) >= 11 is 0. The van der Waals surface area contributed by atoms with E-state index in [4.69, 9.17) is 10.4 Å². The quantitative estimate of drug-likeness (QED) is 0.487. The van der Waals surface area contributed by atoms with Crippen molar-refractivity contribution < 1.29 is 9.90 Å². The average molecular weight is 456 g/mol. The summed E-state index contributed by atoms with van der Waals surface area (Å²) in [5.74, 6) is 0.257. The third-order valence-corrected chi connectivity index (χ3v) is 8.06. The third kappa shape index (κ3) is 4.60. The molecule has 2 aromatic carbocycles. The summed E-state index contributed by atoms with van der Waals surface area (Å²) in [6.07, 6.45) is 9.69. The number of aromatic nitrogens is 1. The zero-order valence-corrected chi connectivity index (χ0v) is 19.9. The molecule has 176 valence electrons. The number of aromatic amines is 1. The molecule has 0 bridgehead atoms. The second-order valence-corrected chi connectivity index (χ2v) is 10.5. The molecule has 1 aromatic heterocycles. The van der Waals surface area contributed by atoms with E-state index in [9.17, 15) is 4.79 Å². The van der Waals surface area contributed by atoms with Crippen LogP contribution in [0, 0.1) is 29.6 Å². The summed E-state index contributed by atoms with van der Waals surface area (Å²) < 4.78 is 0. The van der Waals surface area contributed by atoms with Crippen molar-refractivity contribution >= 4 is 16.9 Å². The molecule has 2 heterocycles. The highest BCUT2D eigenvalue weighted by Gasteiger charge is 2.45. The van der Waals surface area contributed by atoms with Gasteiger partial charge < -0.3 is 10.1 Å². The van der Waals surface area contributed by atoms with E-state index in [1.165, 1.54) is 55.2 Å². The summed E-state index contributed by atoms with van der Waals surface area (Å²) in [5, 5.41) is 18.9. The first-order valence-electron chi connectivity index (χ1n) is 12.5. The van der Waals surface area contributed by atoms with E-state index in [2.05, 4.69) is 41.2 Å². The SMILES string of the molecule is Cc1cc(C2CC2)c(CN2CCC3(CC2)CC(C#N)C3)c2cc[nH]c12.O=C(O)c1ccccc1. The normalized spacial score (nSPS) is 19.8. The first-order chi connectivity index (χ1) is 16.5. The number of aryl methyl sites for hydroxylation is 1. The molecule has 34 heavy (non-hydrogen) atoms. The van der Waals surface area contributed by atoms with Crippen LogP contribution >= 0.6 is 0 Å². The van der Waals surface area contributed by atoms with Crippen molar-refractivity contribution in [1.29, 1.82) is 5.26 Å². The van der Waals surface area contributed by atoms with Gasteiger partial charge in [-0.05, 0) is 105 Å². The lowest BCUT2D eigenvalue weighted by atomic mass is 9.58. The van der Waals surface area contributed by atoms with Crippen molar-refractivity contribution in [2.24, 2.45) is 11.3 Å². The number of nitriles is 1. The number of fused-ring (bicyclic) bond motifs is 1. The molecule has 0 amide bonds. The molecule has 2 aliphatic carbocycles. The maximum absolute atomic E-state index is 10.2. The Balaban J connectivity index is 0.000000227. The van der Waals surface area contributed by atoms with E-state index in [0.29, 0.717) is 16.9 Å². The molecule has 1 aliphatic heterocycles. The van der Waals surface area contributed by atoms with Crippen LogP contribution in [-0.4, -0.2) is 34.0 Å². The summed E-state index contributed by atoms with van der Waals surface area (Å²) in [4.78, 5) is 16.3. The lowest BCUT2D eigenvalue weighted by molar-refractivity contribution is 0.00479. The lowest BCUT2D eigenvalue weighted by Gasteiger charge is -2.50. The van der Waals surface area contributed by atoms with Crippen molar-refractivity contribution in [3.05, 3.63) is 70.9 Å². The Kier molecular flexibility index (Phi) is 6.18. The molecule has 2 saturated carbocycles. The van der Waals surface area contributed by atoms with Crippen LogP contribution in [0.3, 0.4) is 0 Å². The van der Waals surface area contributed by atoms with Gasteiger partial charge in [0.15, 0.2) is 0 Å². The molecule has 0 radical (unpaired) electrons. The van der Waals surface area contributed by atoms with Crippen LogP contribution in [0.2, 0.25) is 0 Å². The van der Waals surface area contributed by atoms with Gasteiger partial charge in [0.1, 0.15) is 0 Å². The molecule has 3 aliphatic rings. The van der Waals surface area contributed by atoms with Gasteiger partial charge in [-0.2, -0.15) is 5.26 Å². The summed E-state index contributed by atoms with van der Waals surface area (Å²) in [6, 6.07) is 15.5. The number of likely N-dealkylation sites (tertiary alicyclic amines) is 1. The predicted molar refractivity (Wildman–Crippen MR) is 134 cm³/mol. The monoisotopic (exact) mass is 455 g/mol. The number of aromatic carboxylic acids is 1. The molecule has 2 N–H and O–H groups in total. The number of carboxylic acid groups (broad SMARTS) is 1. The smallest absolute Gasteiger partial charge is 0.335 e. The van der Waals surface area contributed by atoms with Gasteiger partial charge in [0.2, 0.25) is 0 Å². The number of hydrogen-bond acceptors (Lipinski definition) is 3. The van der Waals surface area contributed by atoms with Gasteiger partial charge in [0.05, 0.1) is 11.6 Å². The van der Waals surface area contributed by atoms with Crippen LogP contribution in [0.5, 0.6) is 0 Å². The Morgan fingerprint density at radius 1 is 1.18 bits per heavy atom. The topological polar surface area (TPSA) is 80.1 Å². The van der Waals surface area contributed by atoms with Gasteiger partial charge in [-0.1, -0.05) is 24.3 Å². The van der Waals surface area contributed by atoms with Crippen molar-refractivity contribution in [2.75, 3.05) is 13.1 Å². The standard InChI is InChI=1S/C22H27N3.C7H6O2/c1-15-10-19(17-2-3-17)20(18-4-7-24-21(15)18)14-25-8-5-22(6-9-25)11-16(12-22)13-23;8-7(9)6-4-2-1-3-5-6/h4,7,10,16-17,24H,2-3,5-6,8-9,11-12,14H2,1H3;1-5H,(H,8,9). The third-order valence-electron chi connectivity index (χ3n) is 8.06. The predicted octanol–water partition coefficient (Wildman–Crippen LogP) is 6.25. The average Bonchev–Trinajstić information content (AvgIpc) is 3.56. The van der Waals surface area contributed by atoms with E-state index in [1.807, 2.05) is 0 Å². The maximum Gasteiger partial charge on any atom is 0.335 e. The largest absolute Gasteiger partial charge is 0.478 e. The number of nitrogens with one attached hydrogen (secondary N) is 1. The molecule has 3 aromatic rings. The van der Waals surface area contributed by atoms with Crippen LogP contribution < -0.4 is 0 Å². The fourth-order valence-electron chi connectivity index (χ4n) is 5.91. The fourth-order valence-corrected chi connectivity index (χ4v) is 5.91. The Hall–Kier alpha value is -3.10. The minimum Gasteiger partial charge on any atom is -0.478 e. The second-order valence-electron chi connectivity index (χ2n) is 10.5. The minimum atomic E-state index is -0.879. The Bertz CT molecular complexity index is 1200. The van der Waals surface area contributed by atoms with Gasteiger partial charge >= 0.3 is 5.97 Å². The fraction of sp³-hybridized carbons (Fsp3) is 0.448. The second kappa shape index (κ2) is 9.27. The zero-order chi connectivity index (χ0) is 23.7. The van der Waals surface area contributed by atoms with Gasteiger partial charge in [-0.15, -0.1) is 0 Å². The van der Waals surface area contributed by atoms with E-state index in [-0.39, 0.29) is 0 Å². The molecule has 0 atom stereocenters. The summed E-state index contributed by atoms with van der Waals surface area (Å²) in [7, 11) is 0. The molecule has 0 unspecified atom stereocenters. The number of H-pyrrole nitrogens is 1. The van der Waals surface area contributed by atoms with E-state index in [0.717, 1.165) is 25.3 Å². The Labute approximate surface area is 201 Å². The number of carbonyl (C=O) groups is 1. The molecule has 3 fully saturated rings. The van der Waals surface area contributed by atoms with Crippen molar-refractivity contribution in [1.82, 2.24) is 9.88 Å². The van der Waals surface area contributed by atoms with Crippen LogP contribution in [0.4, 0.5) is 0 Å². The van der Waals surface area contributed by atoms with E-state index < -0.39 is 5.97 Å². The molecule has 1 spiro atoms. The molecule has 5 heteroatoms. The van der Waals surface area contributed by atoms with Crippen molar-refractivity contribution in [3.8, 4) is 6.07 Å². The molecule has 1 saturated heterocycles. The van der Waals surface area contributed by atoms with Crippen LogP contribution in [0.1, 0.15) is 71.5 Å². The summed E-state index contributed by atoms with van der Waals surface area (Å²) in [6.45, 7) is 5.73. The molecular weight excluding hydrogens is 422 g/mol. The number of carboxylic acids is 1. The van der Waals surface area contributed by atoms with Crippen molar-refractivity contribution in [2.45, 2.75) is 57.9 Å². The highest BCUT2D eigenvalue weighted by molar-refractivity contribution is 5.88. The molecular formula is C29H33N3O2.